The van der Waals surface area contributed by atoms with Gasteiger partial charge >= 0.3 is 0 Å². The largest absolute Gasteiger partial charge is 0.469 e. The van der Waals surface area contributed by atoms with Crippen LogP contribution in [-0.2, 0) is 6.42 Å². The minimum absolute atomic E-state index is 0.112. The van der Waals surface area contributed by atoms with E-state index in [1.807, 2.05) is 19.1 Å². The molecular weight excluding hydrogens is 324 g/mol. The summed E-state index contributed by atoms with van der Waals surface area (Å²) in [5.41, 5.74) is 1.58. The van der Waals surface area contributed by atoms with Crippen molar-refractivity contribution >= 4 is 27.3 Å². The van der Waals surface area contributed by atoms with Gasteiger partial charge in [0.1, 0.15) is 5.76 Å². The minimum Gasteiger partial charge on any atom is -0.469 e. The van der Waals surface area contributed by atoms with E-state index in [0.29, 0.717) is 10.0 Å². The van der Waals surface area contributed by atoms with Crippen molar-refractivity contribution in [1.29, 1.82) is 0 Å². The summed E-state index contributed by atoms with van der Waals surface area (Å²) in [4.78, 5) is 10.5. The van der Waals surface area contributed by atoms with Gasteiger partial charge in [0.2, 0.25) is 0 Å². The second-order valence-corrected chi connectivity index (χ2v) is 5.56. The van der Waals surface area contributed by atoms with Crippen LogP contribution < -0.4 is 5.32 Å². The highest BCUT2D eigenvalue weighted by Crippen LogP contribution is 2.31. The zero-order chi connectivity index (χ0) is 14.7. The first-order valence-electron chi connectivity index (χ1n) is 6.21. The highest BCUT2D eigenvalue weighted by molar-refractivity contribution is 9.10. The van der Waals surface area contributed by atoms with Gasteiger partial charge in [-0.15, -0.1) is 0 Å². The Morgan fingerprint density at radius 2 is 2.25 bits per heavy atom. The number of hydrogen-bond acceptors (Lipinski definition) is 4. The lowest BCUT2D eigenvalue weighted by molar-refractivity contribution is -0.385. The van der Waals surface area contributed by atoms with Crippen LogP contribution in [0.4, 0.5) is 11.4 Å². The first-order chi connectivity index (χ1) is 9.47. The molecule has 20 heavy (non-hydrogen) atoms. The van der Waals surface area contributed by atoms with Gasteiger partial charge in [-0.25, -0.2) is 0 Å². The van der Waals surface area contributed by atoms with Gasteiger partial charge in [-0.3, -0.25) is 10.1 Å². The van der Waals surface area contributed by atoms with E-state index >= 15 is 0 Å². The number of benzene rings is 1. The van der Waals surface area contributed by atoms with Gasteiger partial charge in [-0.05, 0) is 48.0 Å². The molecule has 1 atom stereocenters. The molecule has 0 aliphatic carbocycles. The van der Waals surface area contributed by atoms with Gasteiger partial charge in [0.05, 0.1) is 11.2 Å². The Labute approximate surface area is 125 Å². The van der Waals surface area contributed by atoms with Crippen molar-refractivity contribution in [1.82, 2.24) is 0 Å². The number of nitro benzene ring substituents is 1. The fraction of sp³-hybridized carbons (Fsp3) is 0.286. The van der Waals surface area contributed by atoms with E-state index in [1.165, 1.54) is 6.07 Å². The molecule has 0 amide bonds. The number of halogens is 1. The number of nitrogens with zero attached hydrogens (tertiary/aromatic N) is 1. The molecule has 0 fully saturated rings. The summed E-state index contributed by atoms with van der Waals surface area (Å²) in [6, 6.07) is 7.23. The molecule has 5 nitrogen and oxygen atoms in total. The molecule has 6 heteroatoms. The third kappa shape index (κ3) is 3.39. The molecule has 0 aliphatic heterocycles. The SMILES string of the molecule is Cc1cc(NC(C)Cc2ccco2)c(Br)cc1[N+](=O)[O-]. The van der Waals surface area contributed by atoms with Gasteiger partial charge in [-0.2, -0.15) is 0 Å². The lowest BCUT2D eigenvalue weighted by atomic mass is 10.1. The molecule has 1 aromatic carbocycles. The Morgan fingerprint density at radius 1 is 1.50 bits per heavy atom. The molecule has 1 unspecified atom stereocenters. The van der Waals surface area contributed by atoms with Crippen LogP contribution in [0.3, 0.4) is 0 Å². The summed E-state index contributed by atoms with van der Waals surface area (Å²) in [5.74, 6) is 0.903. The van der Waals surface area contributed by atoms with Gasteiger partial charge < -0.3 is 9.73 Å². The molecule has 0 saturated carbocycles. The molecule has 0 spiro atoms. The Kier molecular flexibility index (Phi) is 4.44. The molecule has 0 saturated heterocycles. The fourth-order valence-corrected chi connectivity index (χ4v) is 2.47. The normalized spacial score (nSPS) is 12.2. The topological polar surface area (TPSA) is 68.3 Å². The van der Waals surface area contributed by atoms with E-state index in [4.69, 9.17) is 4.42 Å². The number of rotatable bonds is 5. The molecule has 1 heterocycles. The number of furan rings is 1. The van der Waals surface area contributed by atoms with Crippen molar-refractivity contribution in [3.63, 3.8) is 0 Å². The third-order valence-corrected chi connectivity index (χ3v) is 3.63. The second kappa shape index (κ2) is 6.09. The number of nitro groups is 1. The van der Waals surface area contributed by atoms with Crippen molar-refractivity contribution in [2.24, 2.45) is 0 Å². The van der Waals surface area contributed by atoms with E-state index in [-0.39, 0.29) is 16.7 Å². The van der Waals surface area contributed by atoms with Crippen LogP contribution in [0.15, 0.2) is 39.4 Å². The Hall–Kier alpha value is -1.82. The predicted octanol–water partition coefficient (Wildman–Crippen LogP) is 4.30. The molecule has 0 aliphatic rings. The van der Waals surface area contributed by atoms with Crippen LogP contribution >= 0.6 is 15.9 Å². The van der Waals surface area contributed by atoms with E-state index in [2.05, 4.69) is 21.2 Å². The standard InChI is InChI=1S/C14H15BrN2O3/c1-9-6-13(12(15)8-14(9)17(18)19)16-10(2)7-11-4-3-5-20-11/h3-6,8,10,16H,7H2,1-2H3. The van der Waals surface area contributed by atoms with Gasteiger partial charge in [-0.1, -0.05) is 0 Å². The summed E-state index contributed by atoms with van der Waals surface area (Å²) < 4.78 is 5.99. The van der Waals surface area contributed by atoms with Gasteiger partial charge in [0.15, 0.2) is 0 Å². The average Bonchev–Trinajstić information content (AvgIpc) is 2.85. The maximum absolute atomic E-state index is 10.9. The number of hydrogen-bond donors (Lipinski definition) is 1. The minimum atomic E-state index is -0.379. The molecule has 2 rings (SSSR count). The highest BCUT2D eigenvalue weighted by Gasteiger charge is 2.15. The van der Waals surface area contributed by atoms with E-state index < -0.39 is 0 Å². The van der Waals surface area contributed by atoms with Crippen LogP contribution in [0.5, 0.6) is 0 Å². The molecule has 2 aromatic rings. The van der Waals surface area contributed by atoms with Crippen LogP contribution in [0.25, 0.3) is 0 Å². The quantitative estimate of drug-likeness (QED) is 0.651. The van der Waals surface area contributed by atoms with Crippen LogP contribution in [-0.4, -0.2) is 11.0 Å². The molecular formula is C14H15BrN2O3. The van der Waals surface area contributed by atoms with E-state index in [1.54, 1.807) is 19.3 Å². The lowest BCUT2D eigenvalue weighted by Crippen LogP contribution is -2.18. The van der Waals surface area contributed by atoms with Crippen molar-refractivity contribution in [3.05, 3.63) is 56.4 Å². The first kappa shape index (κ1) is 14.6. The molecule has 1 N–H and O–H groups in total. The van der Waals surface area contributed by atoms with Crippen LogP contribution in [0, 0.1) is 17.0 Å². The van der Waals surface area contributed by atoms with Crippen molar-refractivity contribution < 1.29 is 9.34 Å². The summed E-state index contributed by atoms with van der Waals surface area (Å²) in [6.07, 6.45) is 2.39. The Balaban J connectivity index is 2.13. The van der Waals surface area contributed by atoms with Crippen molar-refractivity contribution in [3.8, 4) is 0 Å². The monoisotopic (exact) mass is 338 g/mol. The summed E-state index contributed by atoms with van der Waals surface area (Å²) in [7, 11) is 0. The number of anilines is 1. The second-order valence-electron chi connectivity index (χ2n) is 4.70. The van der Waals surface area contributed by atoms with Crippen LogP contribution in [0.2, 0.25) is 0 Å². The average molecular weight is 339 g/mol. The number of nitrogens with one attached hydrogen (secondary N) is 1. The zero-order valence-corrected chi connectivity index (χ0v) is 12.8. The molecule has 0 radical (unpaired) electrons. The third-order valence-electron chi connectivity index (χ3n) is 2.97. The van der Waals surface area contributed by atoms with E-state index in [0.717, 1.165) is 17.9 Å². The maximum atomic E-state index is 10.9. The summed E-state index contributed by atoms with van der Waals surface area (Å²) in [6.45, 7) is 3.76. The molecule has 106 valence electrons. The van der Waals surface area contributed by atoms with Crippen LogP contribution in [0.1, 0.15) is 18.2 Å². The van der Waals surface area contributed by atoms with Gasteiger partial charge in [0.25, 0.3) is 5.69 Å². The fourth-order valence-electron chi connectivity index (χ4n) is 2.03. The Bertz CT molecular complexity index is 611. The molecule has 1 aromatic heterocycles. The zero-order valence-electron chi connectivity index (χ0n) is 11.2. The smallest absolute Gasteiger partial charge is 0.273 e. The Morgan fingerprint density at radius 3 is 2.85 bits per heavy atom. The highest BCUT2D eigenvalue weighted by atomic mass is 79.9. The first-order valence-corrected chi connectivity index (χ1v) is 7.00. The van der Waals surface area contributed by atoms with Crippen molar-refractivity contribution in [2.75, 3.05) is 5.32 Å². The molecule has 0 bridgehead atoms. The summed E-state index contributed by atoms with van der Waals surface area (Å²) in [5, 5.41) is 14.2. The van der Waals surface area contributed by atoms with Crippen molar-refractivity contribution in [2.45, 2.75) is 26.3 Å². The summed E-state index contributed by atoms with van der Waals surface area (Å²) >= 11 is 3.37. The maximum Gasteiger partial charge on any atom is 0.273 e. The number of aryl methyl sites for hydroxylation is 1. The lowest BCUT2D eigenvalue weighted by Gasteiger charge is -2.16. The van der Waals surface area contributed by atoms with E-state index in [9.17, 15) is 10.1 Å². The van der Waals surface area contributed by atoms with Gasteiger partial charge in [0, 0.05) is 34.3 Å². The predicted molar refractivity (Wildman–Crippen MR) is 81.0 cm³/mol.